The van der Waals surface area contributed by atoms with E-state index in [1.54, 1.807) is 0 Å². The number of nitrogens with one attached hydrogen (secondary N) is 2. The number of carboxylic acid groups (broad SMARTS) is 1. The zero-order valence-corrected chi connectivity index (χ0v) is 19.3. The second-order valence-electron chi connectivity index (χ2n) is 7.79. The molecule has 4 N–H and O–H groups in total. The zero-order valence-electron chi connectivity index (χ0n) is 19.3. The van der Waals surface area contributed by atoms with Gasteiger partial charge in [-0.15, -0.1) is 0 Å². The number of esters is 1. The smallest absolute Gasteiger partial charge is 0.347 e. The summed E-state index contributed by atoms with van der Waals surface area (Å²) in [5.74, 6) is -3.47. The van der Waals surface area contributed by atoms with Crippen LogP contribution in [0.3, 0.4) is 0 Å². The summed E-state index contributed by atoms with van der Waals surface area (Å²) in [6.07, 6.45) is 4.88. The van der Waals surface area contributed by atoms with E-state index in [1.165, 1.54) is 36.4 Å². The van der Waals surface area contributed by atoms with Gasteiger partial charge < -0.3 is 25.6 Å². The van der Waals surface area contributed by atoms with Gasteiger partial charge in [-0.3, -0.25) is 9.59 Å². The van der Waals surface area contributed by atoms with E-state index in [-0.39, 0.29) is 34.4 Å². The molecule has 0 saturated carbocycles. The van der Waals surface area contributed by atoms with Crippen molar-refractivity contribution in [1.82, 2.24) is 0 Å². The normalized spacial score (nSPS) is 10.4. The van der Waals surface area contributed by atoms with Crippen molar-refractivity contribution in [2.75, 3.05) is 10.6 Å². The fourth-order valence-electron chi connectivity index (χ4n) is 3.12. The molecule has 0 bridgehead atoms. The van der Waals surface area contributed by atoms with Crippen LogP contribution in [0.5, 0.6) is 11.5 Å². The Morgan fingerprint density at radius 1 is 0.794 bits per heavy atom. The number of carbonyl (C=O) groups is 4. The van der Waals surface area contributed by atoms with E-state index < -0.39 is 17.7 Å². The van der Waals surface area contributed by atoms with Crippen LogP contribution in [0.15, 0.2) is 36.4 Å². The maximum Gasteiger partial charge on any atom is 0.347 e. The number of amides is 2. The number of unbranched alkanes of at least 4 members (excludes halogenated alkanes) is 3. The summed E-state index contributed by atoms with van der Waals surface area (Å²) in [4.78, 5) is 48.1. The van der Waals surface area contributed by atoms with Crippen LogP contribution in [0.4, 0.5) is 11.4 Å². The summed E-state index contributed by atoms with van der Waals surface area (Å²) in [6, 6.07) is 7.80. The third-order valence-electron chi connectivity index (χ3n) is 4.96. The van der Waals surface area contributed by atoms with E-state index in [1.807, 2.05) is 13.8 Å². The monoisotopic (exact) mass is 470 g/mol. The fourth-order valence-corrected chi connectivity index (χ4v) is 3.12. The number of ether oxygens (including phenoxy) is 1. The molecular weight excluding hydrogens is 440 g/mol. The third kappa shape index (κ3) is 7.91. The molecule has 0 aromatic heterocycles. The number of hydrogen-bond donors (Lipinski definition) is 4. The van der Waals surface area contributed by atoms with E-state index in [9.17, 15) is 29.4 Å². The first-order valence-electron chi connectivity index (χ1n) is 11.3. The van der Waals surface area contributed by atoms with Crippen LogP contribution in [0.2, 0.25) is 0 Å². The number of rotatable bonds is 12. The van der Waals surface area contributed by atoms with Gasteiger partial charge in [-0.1, -0.05) is 33.1 Å². The molecule has 182 valence electrons. The van der Waals surface area contributed by atoms with Gasteiger partial charge in [-0.2, -0.15) is 0 Å². The van der Waals surface area contributed by atoms with Gasteiger partial charge in [0.2, 0.25) is 11.8 Å². The lowest BCUT2D eigenvalue weighted by Crippen LogP contribution is -2.15. The fraction of sp³-hybridized carbons (Fsp3) is 0.360. The van der Waals surface area contributed by atoms with Gasteiger partial charge in [-0.05, 0) is 37.1 Å². The topological polar surface area (TPSA) is 142 Å². The Bertz CT molecular complexity index is 1050. The molecule has 0 unspecified atom stereocenters. The van der Waals surface area contributed by atoms with Gasteiger partial charge in [0.25, 0.3) is 0 Å². The Morgan fingerprint density at radius 2 is 1.35 bits per heavy atom. The van der Waals surface area contributed by atoms with Crippen molar-refractivity contribution in [3.05, 3.63) is 47.5 Å². The van der Waals surface area contributed by atoms with Crippen molar-refractivity contribution in [2.24, 2.45) is 0 Å². The maximum absolute atomic E-state index is 12.6. The molecule has 2 amide bonds. The Morgan fingerprint density at radius 3 is 1.91 bits per heavy atom. The molecule has 0 aliphatic heterocycles. The van der Waals surface area contributed by atoms with Crippen LogP contribution in [0.1, 0.15) is 79.5 Å². The predicted molar refractivity (Wildman–Crippen MR) is 127 cm³/mol. The van der Waals surface area contributed by atoms with Crippen molar-refractivity contribution in [3.63, 3.8) is 0 Å². The van der Waals surface area contributed by atoms with Gasteiger partial charge in [0.15, 0.2) is 0 Å². The van der Waals surface area contributed by atoms with E-state index in [2.05, 4.69) is 10.6 Å². The largest absolute Gasteiger partial charge is 0.507 e. The number of aromatic hydroxyl groups is 1. The zero-order chi connectivity index (χ0) is 25.1. The van der Waals surface area contributed by atoms with Crippen LogP contribution in [0, 0.1) is 0 Å². The van der Waals surface area contributed by atoms with E-state index in [0.29, 0.717) is 24.9 Å². The Labute approximate surface area is 198 Å². The Hall–Kier alpha value is -3.88. The minimum Gasteiger partial charge on any atom is -0.507 e. The third-order valence-corrected chi connectivity index (χ3v) is 4.96. The molecule has 2 aromatic carbocycles. The SMILES string of the molecule is CCCCCC(=O)Nc1ccc(C(=O)Oc2cc(NC(=O)CCCC)ccc2C(=O)O)c(O)c1. The maximum atomic E-state index is 12.6. The average molecular weight is 471 g/mol. The molecule has 9 nitrogen and oxygen atoms in total. The second-order valence-corrected chi connectivity index (χ2v) is 7.79. The molecule has 0 radical (unpaired) electrons. The molecule has 0 saturated heterocycles. The van der Waals surface area contributed by atoms with Crippen LogP contribution >= 0.6 is 0 Å². The molecule has 9 heteroatoms. The number of aromatic carboxylic acids is 1. The lowest BCUT2D eigenvalue weighted by molar-refractivity contribution is -0.117. The van der Waals surface area contributed by atoms with Gasteiger partial charge in [-0.25, -0.2) is 9.59 Å². The van der Waals surface area contributed by atoms with Crippen molar-refractivity contribution < 1.29 is 34.1 Å². The molecule has 34 heavy (non-hydrogen) atoms. The van der Waals surface area contributed by atoms with E-state index in [0.717, 1.165) is 25.7 Å². The van der Waals surface area contributed by atoms with E-state index in [4.69, 9.17) is 4.74 Å². The standard InChI is InChI=1S/C25H30N2O7/c1-3-5-7-9-23(30)26-16-10-12-18(20(28)14-16)25(33)34-21-15-17(11-13-19(21)24(31)32)27-22(29)8-6-4-2/h10-15,28H,3-9H2,1-2H3,(H,26,30)(H,27,29)(H,31,32). The van der Waals surface area contributed by atoms with Crippen molar-refractivity contribution in [2.45, 2.75) is 58.8 Å². The number of phenolic OH excluding ortho intramolecular Hbond substituents is 1. The highest BCUT2D eigenvalue weighted by molar-refractivity contribution is 5.99. The first kappa shape index (κ1) is 26.4. The van der Waals surface area contributed by atoms with Crippen LogP contribution in [-0.4, -0.2) is 34.0 Å². The lowest BCUT2D eigenvalue weighted by atomic mass is 10.1. The molecule has 0 fully saturated rings. The summed E-state index contributed by atoms with van der Waals surface area (Å²) < 4.78 is 5.25. The summed E-state index contributed by atoms with van der Waals surface area (Å²) in [7, 11) is 0. The molecule has 0 atom stereocenters. The minimum atomic E-state index is -1.32. The molecule has 0 spiro atoms. The number of hydrogen-bond acceptors (Lipinski definition) is 6. The predicted octanol–water partition coefficient (Wildman–Crippen LogP) is 4.96. The van der Waals surface area contributed by atoms with Crippen LogP contribution in [0.25, 0.3) is 0 Å². The summed E-state index contributed by atoms with van der Waals surface area (Å²) >= 11 is 0. The number of phenols is 1. The highest BCUT2D eigenvalue weighted by Gasteiger charge is 2.20. The molecule has 0 aliphatic carbocycles. The second kappa shape index (κ2) is 13.0. The first-order chi connectivity index (χ1) is 16.2. The highest BCUT2D eigenvalue weighted by Crippen LogP contribution is 2.28. The Kier molecular flexibility index (Phi) is 10.1. The number of benzene rings is 2. The quantitative estimate of drug-likeness (QED) is 0.195. The minimum absolute atomic E-state index is 0.202. The van der Waals surface area contributed by atoms with Gasteiger partial charge >= 0.3 is 11.9 Å². The lowest BCUT2D eigenvalue weighted by Gasteiger charge is -2.12. The summed E-state index contributed by atoms with van der Waals surface area (Å²) in [6.45, 7) is 3.99. The summed E-state index contributed by atoms with van der Waals surface area (Å²) in [5, 5.41) is 25.0. The van der Waals surface area contributed by atoms with Crippen LogP contribution in [-0.2, 0) is 9.59 Å². The first-order valence-corrected chi connectivity index (χ1v) is 11.3. The van der Waals surface area contributed by atoms with Crippen LogP contribution < -0.4 is 15.4 Å². The van der Waals surface area contributed by atoms with Crippen molar-refractivity contribution in [1.29, 1.82) is 0 Å². The molecule has 0 aliphatic rings. The summed E-state index contributed by atoms with van der Waals surface area (Å²) in [5.41, 5.74) is 0.103. The molecule has 2 aromatic rings. The molecular formula is C25H30N2O7. The van der Waals surface area contributed by atoms with Crippen molar-refractivity contribution in [3.8, 4) is 11.5 Å². The van der Waals surface area contributed by atoms with Gasteiger partial charge in [0.1, 0.15) is 22.6 Å². The Balaban J connectivity index is 2.15. The highest BCUT2D eigenvalue weighted by atomic mass is 16.5. The van der Waals surface area contributed by atoms with E-state index >= 15 is 0 Å². The average Bonchev–Trinajstić information content (AvgIpc) is 2.77. The molecule has 0 heterocycles. The number of anilines is 2. The van der Waals surface area contributed by atoms with Crippen molar-refractivity contribution >= 4 is 35.1 Å². The number of carboxylic acids is 1. The molecule has 2 rings (SSSR count). The number of carbonyl (C=O) groups excluding carboxylic acids is 3. The van der Waals surface area contributed by atoms with Gasteiger partial charge in [0.05, 0.1) is 0 Å². The van der Waals surface area contributed by atoms with Gasteiger partial charge in [0, 0.05) is 36.3 Å².